The van der Waals surface area contributed by atoms with Crippen LogP contribution in [0.5, 0.6) is 0 Å². The summed E-state index contributed by atoms with van der Waals surface area (Å²) >= 11 is 0. The Hall–Kier alpha value is -3.52. The predicted molar refractivity (Wildman–Crippen MR) is 166 cm³/mol. The van der Waals surface area contributed by atoms with Gasteiger partial charge in [-0.1, -0.05) is 95.2 Å². The Kier molecular flexibility index (Phi) is 20.6. The fraction of sp³-hybridized carbons (Fsp3) is 0.424. The third kappa shape index (κ3) is 14.9. The first-order chi connectivity index (χ1) is 18.5. The van der Waals surface area contributed by atoms with E-state index in [4.69, 9.17) is 16.9 Å². The standard InChI is InChI=1S/C22H28FN3.C8H16.C2H2.CH3N/c1-2-17-8-10-18(11-9-17)22(25)16-26-14-6-4-3-5-7-19-15-20(23)12-13-21(19)24;1-2-8-6-4-3-5-7-8;2*1-2/h2,8-13,15-16,26H,1,3-7,14,24-25H2;8H,2-7H2,1H3;1-2H;2H,1H2/b22-16-;;;. The van der Waals surface area contributed by atoms with Gasteiger partial charge in [-0.25, -0.2) is 4.39 Å². The Morgan fingerprint density at radius 2 is 1.66 bits per heavy atom. The van der Waals surface area contributed by atoms with Gasteiger partial charge in [0.2, 0.25) is 0 Å². The first-order valence-corrected chi connectivity index (χ1v) is 13.7. The van der Waals surface area contributed by atoms with Gasteiger partial charge < -0.3 is 22.2 Å². The molecule has 38 heavy (non-hydrogen) atoms. The van der Waals surface area contributed by atoms with Gasteiger partial charge in [-0.2, -0.15) is 0 Å². The zero-order valence-electron chi connectivity index (χ0n) is 23.4. The maximum atomic E-state index is 13.2. The van der Waals surface area contributed by atoms with Gasteiger partial charge in [-0.3, -0.25) is 0 Å². The Labute approximate surface area is 231 Å². The Balaban J connectivity index is 0.000000952. The monoisotopic (exact) mass is 520 g/mol. The molecule has 0 heterocycles. The van der Waals surface area contributed by atoms with E-state index in [1.54, 1.807) is 6.07 Å². The SMILES string of the molecule is C#C.C=Cc1ccc(/C(N)=C/NCCCCCCc2cc(F)ccc2N)cc1.C=N.CCC1CCCCC1. The maximum Gasteiger partial charge on any atom is 0.123 e. The lowest BCUT2D eigenvalue weighted by Crippen LogP contribution is -2.10. The molecule has 1 aliphatic carbocycles. The summed E-state index contributed by atoms with van der Waals surface area (Å²) in [7, 11) is 0. The van der Waals surface area contributed by atoms with Crippen molar-refractivity contribution in [3.63, 3.8) is 0 Å². The van der Waals surface area contributed by atoms with Crippen LogP contribution in [0.3, 0.4) is 0 Å². The van der Waals surface area contributed by atoms with Gasteiger partial charge in [0, 0.05) is 18.4 Å². The third-order valence-corrected chi connectivity index (χ3v) is 6.66. The second-order valence-corrected chi connectivity index (χ2v) is 9.30. The summed E-state index contributed by atoms with van der Waals surface area (Å²) in [6, 6.07) is 12.5. The van der Waals surface area contributed by atoms with Gasteiger partial charge in [0.15, 0.2) is 0 Å². The van der Waals surface area contributed by atoms with Crippen LogP contribution >= 0.6 is 0 Å². The highest BCUT2D eigenvalue weighted by molar-refractivity contribution is 5.63. The Morgan fingerprint density at radius 1 is 1.03 bits per heavy atom. The molecule has 3 rings (SSSR count). The van der Waals surface area contributed by atoms with E-state index < -0.39 is 0 Å². The minimum atomic E-state index is -0.220. The zero-order valence-corrected chi connectivity index (χ0v) is 23.4. The number of nitrogen functional groups attached to an aromatic ring is 1. The maximum absolute atomic E-state index is 13.2. The smallest absolute Gasteiger partial charge is 0.123 e. The van der Waals surface area contributed by atoms with Gasteiger partial charge >= 0.3 is 0 Å². The fourth-order valence-electron chi connectivity index (χ4n) is 4.36. The average Bonchev–Trinajstić information content (AvgIpc) is 2.99. The highest BCUT2D eigenvalue weighted by Gasteiger charge is 2.09. The summed E-state index contributed by atoms with van der Waals surface area (Å²) in [6.45, 7) is 9.44. The number of halogens is 1. The third-order valence-electron chi connectivity index (χ3n) is 6.66. The molecule has 2 aromatic carbocycles. The molecule has 0 bridgehead atoms. The second-order valence-electron chi connectivity index (χ2n) is 9.30. The first kappa shape index (κ1) is 34.5. The minimum absolute atomic E-state index is 0.220. The molecular formula is C33H49FN4. The van der Waals surface area contributed by atoms with E-state index in [0.29, 0.717) is 5.69 Å². The summed E-state index contributed by atoms with van der Waals surface area (Å²) in [5.41, 5.74) is 16.3. The number of benzene rings is 2. The van der Waals surface area contributed by atoms with Gasteiger partial charge in [0.25, 0.3) is 0 Å². The van der Waals surface area contributed by atoms with Crippen LogP contribution in [0.15, 0.2) is 55.2 Å². The highest BCUT2D eigenvalue weighted by atomic mass is 19.1. The molecule has 1 aliphatic rings. The number of hydrogen-bond acceptors (Lipinski definition) is 4. The van der Waals surface area contributed by atoms with Crippen LogP contribution in [0.25, 0.3) is 11.8 Å². The average molecular weight is 521 g/mol. The summed E-state index contributed by atoms with van der Waals surface area (Å²) in [5, 5.41) is 8.76. The molecule has 0 unspecified atom stereocenters. The molecule has 1 fully saturated rings. The van der Waals surface area contributed by atoms with E-state index in [9.17, 15) is 4.39 Å². The lowest BCUT2D eigenvalue weighted by molar-refractivity contribution is 0.349. The normalized spacial score (nSPS) is 12.9. The van der Waals surface area contributed by atoms with Crippen molar-refractivity contribution in [2.45, 2.75) is 77.6 Å². The van der Waals surface area contributed by atoms with Crippen molar-refractivity contribution < 1.29 is 4.39 Å². The summed E-state index contributed by atoms with van der Waals surface area (Å²) in [6.07, 6.45) is 25.7. The summed E-state index contributed by atoms with van der Waals surface area (Å²) in [5.74, 6) is 0.866. The van der Waals surface area contributed by atoms with E-state index in [1.165, 1.54) is 50.7 Å². The number of aryl methyl sites for hydroxylation is 1. The molecule has 6 N–H and O–H groups in total. The molecule has 0 aliphatic heterocycles. The molecule has 2 aromatic rings. The quantitative estimate of drug-likeness (QED) is 0.104. The van der Waals surface area contributed by atoms with Gasteiger partial charge in [0.05, 0.1) is 5.70 Å². The van der Waals surface area contributed by atoms with Gasteiger partial charge in [-0.15, -0.1) is 12.8 Å². The van der Waals surface area contributed by atoms with Crippen LogP contribution in [-0.2, 0) is 6.42 Å². The van der Waals surface area contributed by atoms with Crippen molar-refractivity contribution in [2.24, 2.45) is 11.7 Å². The molecular weight excluding hydrogens is 471 g/mol. The van der Waals surface area contributed by atoms with E-state index >= 15 is 0 Å². The first-order valence-electron chi connectivity index (χ1n) is 13.7. The molecule has 0 saturated heterocycles. The number of nitrogens with two attached hydrogens (primary N) is 2. The van der Waals surface area contributed by atoms with Crippen molar-refractivity contribution in [3.8, 4) is 12.8 Å². The molecule has 4 nitrogen and oxygen atoms in total. The van der Waals surface area contributed by atoms with Crippen LogP contribution in [0.1, 0.15) is 87.8 Å². The predicted octanol–water partition coefficient (Wildman–Crippen LogP) is 8.19. The molecule has 1 saturated carbocycles. The molecule has 0 atom stereocenters. The van der Waals surface area contributed by atoms with Crippen molar-refractivity contribution >= 4 is 24.2 Å². The fourth-order valence-corrected chi connectivity index (χ4v) is 4.36. The van der Waals surface area contributed by atoms with Crippen molar-refractivity contribution in [2.75, 3.05) is 12.3 Å². The van der Waals surface area contributed by atoms with Crippen LogP contribution in [-0.4, -0.2) is 13.3 Å². The number of nitrogens with one attached hydrogen (secondary N) is 2. The Bertz CT molecular complexity index is 928. The van der Waals surface area contributed by atoms with E-state index in [1.807, 2.05) is 36.5 Å². The van der Waals surface area contributed by atoms with Crippen molar-refractivity contribution in [3.05, 3.63) is 77.8 Å². The number of hydrogen-bond donors (Lipinski definition) is 4. The minimum Gasteiger partial charge on any atom is -0.399 e. The zero-order chi connectivity index (χ0) is 28.6. The molecule has 0 amide bonds. The second kappa shape index (κ2) is 22.7. The topological polar surface area (TPSA) is 87.9 Å². The number of unbranched alkanes of at least 4 members (excludes halogenated alkanes) is 3. The largest absolute Gasteiger partial charge is 0.399 e. The van der Waals surface area contributed by atoms with E-state index in [2.05, 4.69) is 38.4 Å². The van der Waals surface area contributed by atoms with Crippen molar-refractivity contribution in [1.29, 1.82) is 5.41 Å². The molecule has 0 aromatic heterocycles. The number of terminal acetylenes is 1. The molecule has 0 spiro atoms. The van der Waals surface area contributed by atoms with E-state index in [0.717, 1.165) is 67.0 Å². The Morgan fingerprint density at radius 3 is 2.24 bits per heavy atom. The molecule has 0 radical (unpaired) electrons. The summed E-state index contributed by atoms with van der Waals surface area (Å²) < 4.78 is 13.2. The van der Waals surface area contributed by atoms with Crippen LogP contribution in [0, 0.1) is 30.0 Å². The lowest BCUT2D eigenvalue weighted by Gasteiger charge is -2.18. The highest BCUT2D eigenvalue weighted by Crippen LogP contribution is 2.25. The van der Waals surface area contributed by atoms with Gasteiger partial charge in [-0.05, 0) is 66.8 Å². The van der Waals surface area contributed by atoms with Crippen LogP contribution < -0.4 is 16.8 Å². The number of anilines is 1. The van der Waals surface area contributed by atoms with E-state index in [-0.39, 0.29) is 5.82 Å². The molecule has 5 heteroatoms. The number of rotatable bonds is 11. The van der Waals surface area contributed by atoms with Gasteiger partial charge in [0.1, 0.15) is 5.82 Å². The van der Waals surface area contributed by atoms with Crippen LogP contribution in [0.4, 0.5) is 10.1 Å². The van der Waals surface area contributed by atoms with Crippen LogP contribution in [0.2, 0.25) is 0 Å². The molecule has 208 valence electrons. The lowest BCUT2D eigenvalue weighted by atomic mass is 9.88. The summed E-state index contributed by atoms with van der Waals surface area (Å²) in [4.78, 5) is 0. The van der Waals surface area contributed by atoms with Crippen molar-refractivity contribution in [1.82, 2.24) is 5.32 Å².